The highest BCUT2D eigenvalue weighted by atomic mass is 32.2. The molecule has 1 heterocycles. The van der Waals surface area contributed by atoms with Crippen molar-refractivity contribution in [2.45, 2.75) is 17.3 Å². The Kier molecular flexibility index (Phi) is 4.62. The van der Waals surface area contributed by atoms with Crippen molar-refractivity contribution in [3.8, 4) is 0 Å². The number of aromatic nitrogens is 2. The first kappa shape index (κ1) is 15.5. The van der Waals surface area contributed by atoms with Crippen molar-refractivity contribution >= 4 is 18.0 Å². The third-order valence-electron chi connectivity index (χ3n) is 2.87. The predicted octanol–water partition coefficient (Wildman–Crippen LogP) is 3.55. The molecule has 0 spiro atoms. The third kappa shape index (κ3) is 3.60. The zero-order valence-electron chi connectivity index (χ0n) is 11.0. The van der Waals surface area contributed by atoms with E-state index in [4.69, 9.17) is 0 Å². The van der Waals surface area contributed by atoms with Crippen LogP contribution in [0.25, 0.3) is 0 Å². The summed E-state index contributed by atoms with van der Waals surface area (Å²) in [6.07, 6.45) is -0.598. The molecule has 0 bridgehead atoms. The Morgan fingerprint density at radius 3 is 2.67 bits per heavy atom. The predicted molar refractivity (Wildman–Crippen MR) is 73.2 cm³/mol. The van der Waals surface area contributed by atoms with E-state index in [0.717, 1.165) is 12.1 Å². The number of rotatable bonds is 4. The molecule has 21 heavy (non-hydrogen) atoms. The van der Waals surface area contributed by atoms with E-state index in [9.17, 15) is 18.0 Å². The molecular weight excluding hydrogens is 301 g/mol. The van der Waals surface area contributed by atoms with Crippen molar-refractivity contribution in [3.05, 3.63) is 53.3 Å². The largest absolute Gasteiger partial charge is 0.416 e. The van der Waals surface area contributed by atoms with Crippen LogP contribution in [0, 0.1) is 0 Å². The average Bonchev–Trinajstić information content (AvgIpc) is 2.48. The normalized spacial score (nSPS) is 13.0. The Morgan fingerprint density at radius 2 is 2.05 bits per heavy atom. The number of hydrogen-bond acceptors (Lipinski definition) is 4. The standard InChI is InChI=1S/C14H11F3N2OS/c1-21-13-18-6-5-12(19-13)11(8-20)9-3-2-4-10(7-9)14(15,16)17/h2-8,11H,1H3. The van der Waals surface area contributed by atoms with Crippen LogP contribution < -0.4 is 0 Å². The number of aldehydes is 1. The number of hydrogen-bond donors (Lipinski definition) is 0. The molecule has 0 saturated carbocycles. The maximum absolute atomic E-state index is 12.7. The fourth-order valence-corrected chi connectivity index (χ4v) is 2.22. The minimum atomic E-state index is -4.44. The minimum Gasteiger partial charge on any atom is -0.302 e. The Hall–Kier alpha value is -1.89. The van der Waals surface area contributed by atoms with Gasteiger partial charge >= 0.3 is 6.18 Å². The van der Waals surface area contributed by atoms with Gasteiger partial charge in [0.05, 0.1) is 17.2 Å². The average molecular weight is 312 g/mol. The maximum atomic E-state index is 12.7. The van der Waals surface area contributed by atoms with Crippen molar-refractivity contribution in [2.24, 2.45) is 0 Å². The molecular formula is C14H11F3N2OS. The van der Waals surface area contributed by atoms with Gasteiger partial charge in [0.15, 0.2) is 5.16 Å². The lowest BCUT2D eigenvalue weighted by Gasteiger charge is -2.13. The molecule has 0 amide bonds. The second-order valence-corrected chi connectivity index (χ2v) is 4.98. The molecule has 0 N–H and O–H groups in total. The summed E-state index contributed by atoms with van der Waals surface area (Å²) in [6, 6.07) is 6.23. The molecule has 0 saturated heterocycles. The number of carbonyl (C=O) groups is 1. The molecule has 0 aliphatic heterocycles. The Morgan fingerprint density at radius 1 is 1.29 bits per heavy atom. The van der Waals surface area contributed by atoms with Gasteiger partial charge in [0.2, 0.25) is 0 Å². The van der Waals surface area contributed by atoms with Gasteiger partial charge in [0, 0.05) is 6.20 Å². The zero-order chi connectivity index (χ0) is 15.5. The van der Waals surface area contributed by atoms with Gasteiger partial charge in [-0.3, -0.25) is 0 Å². The van der Waals surface area contributed by atoms with Crippen LogP contribution in [0.5, 0.6) is 0 Å². The molecule has 2 aromatic rings. The van der Waals surface area contributed by atoms with Gasteiger partial charge in [-0.25, -0.2) is 9.97 Å². The molecule has 0 aliphatic carbocycles. The number of alkyl halides is 3. The van der Waals surface area contributed by atoms with Gasteiger partial charge in [-0.2, -0.15) is 13.2 Å². The van der Waals surface area contributed by atoms with Crippen molar-refractivity contribution in [1.29, 1.82) is 0 Å². The lowest BCUT2D eigenvalue weighted by Crippen LogP contribution is -2.09. The lowest BCUT2D eigenvalue weighted by atomic mass is 9.95. The van der Waals surface area contributed by atoms with E-state index in [1.54, 1.807) is 6.26 Å². The fraction of sp³-hybridized carbons (Fsp3) is 0.214. The number of halogens is 3. The topological polar surface area (TPSA) is 42.9 Å². The molecule has 0 fully saturated rings. The summed E-state index contributed by atoms with van der Waals surface area (Å²) in [7, 11) is 0. The van der Waals surface area contributed by atoms with Crippen LogP contribution in [-0.4, -0.2) is 22.5 Å². The Balaban J connectivity index is 2.44. The van der Waals surface area contributed by atoms with Crippen LogP contribution in [0.2, 0.25) is 0 Å². The van der Waals surface area contributed by atoms with Gasteiger partial charge in [0.1, 0.15) is 6.29 Å². The number of carbonyl (C=O) groups excluding carboxylic acids is 1. The number of benzene rings is 1. The van der Waals surface area contributed by atoms with Crippen LogP contribution in [0.4, 0.5) is 13.2 Å². The fourth-order valence-electron chi connectivity index (χ4n) is 1.85. The van der Waals surface area contributed by atoms with Crippen molar-refractivity contribution in [2.75, 3.05) is 6.26 Å². The SMILES string of the molecule is CSc1nccc(C(C=O)c2cccc(C(F)(F)F)c2)n1. The van der Waals surface area contributed by atoms with Crippen LogP contribution >= 0.6 is 11.8 Å². The van der Waals surface area contributed by atoms with Gasteiger partial charge in [-0.1, -0.05) is 30.0 Å². The summed E-state index contributed by atoms with van der Waals surface area (Å²) in [6.45, 7) is 0. The van der Waals surface area contributed by atoms with E-state index < -0.39 is 17.7 Å². The van der Waals surface area contributed by atoms with E-state index in [1.807, 2.05) is 0 Å². The number of thioether (sulfide) groups is 1. The molecule has 3 nitrogen and oxygen atoms in total. The molecule has 1 aromatic heterocycles. The Bertz CT molecular complexity index is 646. The van der Waals surface area contributed by atoms with E-state index >= 15 is 0 Å². The molecule has 2 rings (SSSR count). The third-order valence-corrected chi connectivity index (χ3v) is 3.43. The summed E-state index contributed by atoms with van der Waals surface area (Å²) in [5, 5.41) is 0.464. The second kappa shape index (κ2) is 6.26. The van der Waals surface area contributed by atoms with Crippen molar-refractivity contribution in [1.82, 2.24) is 9.97 Å². The number of nitrogens with zero attached hydrogens (tertiary/aromatic N) is 2. The quantitative estimate of drug-likeness (QED) is 0.492. The first-order chi connectivity index (χ1) is 9.95. The monoisotopic (exact) mass is 312 g/mol. The van der Waals surface area contributed by atoms with Crippen LogP contribution in [0.1, 0.15) is 22.7 Å². The summed E-state index contributed by atoms with van der Waals surface area (Å²) in [5.74, 6) is -0.846. The molecule has 1 atom stereocenters. The lowest BCUT2D eigenvalue weighted by molar-refractivity contribution is -0.137. The highest BCUT2D eigenvalue weighted by Crippen LogP contribution is 2.32. The van der Waals surface area contributed by atoms with E-state index in [1.165, 1.54) is 36.2 Å². The van der Waals surface area contributed by atoms with Gasteiger partial charge in [-0.15, -0.1) is 0 Å². The van der Waals surface area contributed by atoms with E-state index in [-0.39, 0.29) is 5.56 Å². The summed E-state index contributed by atoms with van der Waals surface area (Å²) in [4.78, 5) is 19.5. The highest BCUT2D eigenvalue weighted by molar-refractivity contribution is 7.98. The summed E-state index contributed by atoms with van der Waals surface area (Å²) >= 11 is 1.30. The zero-order valence-corrected chi connectivity index (χ0v) is 11.8. The van der Waals surface area contributed by atoms with Crippen LogP contribution in [0.3, 0.4) is 0 Å². The summed E-state index contributed by atoms with van der Waals surface area (Å²) < 4.78 is 38.2. The van der Waals surface area contributed by atoms with Gasteiger partial charge in [0.25, 0.3) is 0 Å². The van der Waals surface area contributed by atoms with Crippen molar-refractivity contribution < 1.29 is 18.0 Å². The molecule has 110 valence electrons. The van der Waals surface area contributed by atoms with Gasteiger partial charge in [-0.05, 0) is 24.0 Å². The van der Waals surface area contributed by atoms with E-state index in [0.29, 0.717) is 17.1 Å². The summed E-state index contributed by atoms with van der Waals surface area (Å²) in [5.41, 5.74) is -0.153. The van der Waals surface area contributed by atoms with Crippen molar-refractivity contribution in [3.63, 3.8) is 0 Å². The van der Waals surface area contributed by atoms with E-state index in [2.05, 4.69) is 9.97 Å². The maximum Gasteiger partial charge on any atom is 0.416 e. The second-order valence-electron chi connectivity index (χ2n) is 4.21. The molecule has 1 unspecified atom stereocenters. The van der Waals surface area contributed by atoms with Crippen LogP contribution in [-0.2, 0) is 11.0 Å². The smallest absolute Gasteiger partial charge is 0.302 e. The molecule has 0 radical (unpaired) electrons. The van der Waals surface area contributed by atoms with Gasteiger partial charge < -0.3 is 4.79 Å². The first-order valence-electron chi connectivity index (χ1n) is 5.95. The van der Waals surface area contributed by atoms with Crippen LogP contribution in [0.15, 0.2) is 41.7 Å². The molecule has 0 aliphatic rings. The Labute approximate surface area is 123 Å². The minimum absolute atomic E-state index is 0.255. The highest BCUT2D eigenvalue weighted by Gasteiger charge is 2.31. The first-order valence-corrected chi connectivity index (χ1v) is 7.17. The molecule has 7 heteroatoms. The molecule has 1 aromatic carbocycles.